The molecule has 0 atom stereocenters. The van der Waals surface area contributed by atoms with Crippen LogP contribution in [-0.2, 0) is 19.7 Å². The quantitative estimate of drug-likeness (QED) is 0.461. The Hall–Kier alpha value is -2.93. The number of benzene rings is 2. The molecule has 7 nitrogen and oxygen atoms in total. The number of nitro benzene ring substituents is 1. The van der Waals surface area contributed by atoms with Crippen molar-refractivity contribution in [2.45, 2.75) is 25.2 Å². The lowest BCUT2D eigenvalue weighted by Crippen LogP contribution is -2.28. The zero-order chi connectivity index (χ0) is 19.6. The van der Waals surface area contributed by atoms with Gasteiger partial charge in [-0.2, -0.15) is 0 Å². The molecule has 0 saturated heterocycles. The van der Waals surface area contributed by atoms with E-state index < -0.39 is 28.8 Å². The topological polar surface area (TPSA) is 98.5 Å². The SMILES string of the molecule is Cc1cccc([N+](=O)[O-])c1NC(=O)COC(=O)C1(c2ccc(Cl)cc2)CC1. The summed E-state index contributed by atoms with van der Waals surface area (Å²) in [5.74, 6) is -1.12. The number of para-hydroxylation sites is 1. The Morgan fingerprint density at radius 3 is 2.48 bits per heavy atom. The van der Waals surface area contributed by atoms with Crippen LogP contribution in [0.25, 0.3) is 0 Å². The van der Waals surface area contributed by atoms with E-state index in [1.807, 2.05) is 0 Å². The smallest absolute Gasteiger partial charge is 0.317 e. The second-order valence-electron chi connectivity index (χ2n) is 6.44. The summed E-state index contributed by atoms with van der Waals surface area (Å²) in [5.41, 5.74) is 0.493. The van der Waals surface area contributed by atoms with Crippen LogP contribution in [0.2, 0.25) is 5.02 Å². The van der Waals surface area contributed by atoms with Crippen LogP contribution in [0.4, 0.5) is 11.4 Å². The summed E-state index contributed by atoms with van der Waals surface area (Å²) in [7, 11) is 0. The highest BCUT2D eigenvalue weighted by Crippen LogP contribution is 2.49. The van der Waals surface area contributed by atoms with E-state index in [1.54, 1.807) is 37.3 Å². The number of aryl methyl sites for hydroxylation is 1. The van der Waals surface area contributed by atoms with Crippen LogP contribution in [0.3, 0.4) is 0 Å². The largest absolute Gasteiger partial charge is 0.455 e. The van der Waals surface area contributed by atoms with Crippen LogP contribution in [0.15, 0.2) is 42.5 Å². The second-order valence-corrected chi connectivity index (χ2v) is 6.88. The van der Waals surface area contributed by atoms with E-state index in [2.05, 4.69) is 5.32 Å². The highest BCUT2D eigenvalue weighted by molar-refractivity contribution is 6.30. The molecule has 2 aromatic carbocycles. The van der Waals surface area contributed by atoms with Gasteiger partial charge in [0.05, 0.1) is 10.3 Å². The number of nitro groups is 1. The number of rotatable bonds is 6. The van der Waals surface area contributed by atoms with Gasteiger partial charge in [0.1, 0.15) is 5.69 Å². The molecule has 0 heterocycles. The van der Waals surface area contributed by atoms with Gasteiger partial charge >= 0.3 is 5.97 Å². The van der Waals surface area contributed by atoms with Gasteiger partial charge in [-0.1, -0.05) is 35.9 Å². The normalized spacial score (nSPS) is 14.3. The summed E-state index contributed by atoms with van der Waals surface area (Å²) in [6, 6.07) is 11.4. The third kappa shape index (κ3) is 3.93. The number of anilines is 1. The van der Waals surface area contributed by atoms with E-state index in [0.29, 0.717) is 23.4 Å². The Morgan fingerprint density at radius 1 is 1.22 bits per heavy atom. The molecule has 140 valence electrons. The summed E-state index contributed by atoms with van der Waals surface area (Å²) < 4.78 is 5.17. The van der Waals surface area contributed by atoms with Crippen molar-refractivity contribution in [1.82, 2.24) is 0 Å². The molecule has 1 saturated carbocycles. The van der Waals surface area contributed by atoms with Crippen LogP contribution in [0, 0.1) is 17.0 Å². The molecule has 8 heteroatoms. The molecule has 1 fully saturated rings. The van der Waals surface area contributed by atoms with Gasteiger partial charge < -0.3 is 10.1 Å². The first-order valence-corrected chi connectivity index (χ1v) is 8.68. The number of carbonyl (C=O) groups is 2. The van der Waals surface area contributed by atoms with Crippen LogP contribution in [-0.4, -0.2) is 23.4 Å². The molecular weight excluding hydrogens is 372 g/mol. The van der Waals surface area contributed by atoms with Crippen molar-refractivity contribution < 1.29 is 19.2 Å². The van der Waals surface area contributed by atoms with Crippen molar-refractivity contribution >= 4 is 34.9 Å². The third-order valence-corrected chi connectivity index (χ3v) is 4.84. The number of amides is 1. The Morgan fingerprint density at radius 2 is 1.89 bits per heavy atom. The molecule has 1 aliphatic rings. The van der Waals surface area contributed by atoms with Crippen LogP contribution >= 0.6 is 11.6 Å². The van der Waals surface area contributed by atoms with Crippen molar-refractivity contribution in [2.24, 2.45) is 0 Å². The number of hydrogen-bond donors (Lipinski definition) is 1. The molecule has 0 aromatic heterocycles. The van der Waals surface area contributed by atoms with Crippen LogP contribution in [0.5, 0.6) is 0 Å². The van der Waals surface area contributed by atoms with Gasteiger partial charge in [-0.3, -0.25) is 19.7 Å². The maximum Gasteiger partial charge on any atom is 0.317 e. The van der Waals surface area contributed by atoms with Gasteiger partial charge in [0.2, 0.25) is 0 Å². The van der Waals surface area contributed by atoms with Crippen molar-refractivity contribution in [3.63, 3.8) is 0 Å². The molecule has 0 bridgehead atoms. The first-order valence-electron chi connectivity index (χ1n) is 8.30. The zero-order valence-electron chi connectivity index (χ0n) is 14.5. The number of nitrogens with zero attached hydrogens (tertiary/aromatic N) is 1. The van der Waals surface area contributed by atoms with Crippen molar-refractivity contribution in [1.29, 1.82) is 0 Å². The average molecular weight is 389 g/mol. The standard InChI is InChI=1S/C19H17ClN2O5/c1-12-3-2-4-15(22(25)26)17(12)21-16(23)11-27-18(24)19(9-10-19)13-5-7-14(20)8-6-13/h2-8H,9-11H2,1H3,(H,21,23). The number of esters is 1. The third-order valence-electron chi connectivity index (χ3n) is 4.58. The minimum atomic E-state index is -0.737. The lowest BCUT2D eigenvalue weighted by atomic mass is 9.96. The Balaban J connectivity index is 1.64. The number of halogens is 1. The highest BCUT2D eigenvalue weighted by Gasteiger charge is 2.52. The average Bonchev–Trinajstić information content (AvgIpc) is 3.43. The number of carbonyl (C=O) groups excluding carboxylic acids is 2. The van der Waals surface area contributed by atoms with E-state index in [0.717, 1.165) is 5.56 Å². The first kappa shape index (κ1) is 18.8. The minimum Gasteiger partial charge on any atom is -0.455 e. The van der Waals surface area contributed by atoms with Crippen molar-refractivity contribution in [3.8, 4) is 0 Å². The molecule has 1 N–H and O–H groups in total. The van der Waals surface area contributed by atoms with Gasteiger partial charge in [0.15, 0.2) is 6.61 Å². The molecule has 2 aromatic rings. The van der Waals surface area contributed by atoms with E-state index in [4.69, 9.17) is 16.3 Å². The maximum absolute atomic E-state index is 12.5. The molecule has 1 aliphatic carbocycles. The van der Waals surface area contributed by atoms with E-state index >= 15 is 0 Å². The van der Waals surface area contributed by atoms with E-state index in [9.17, 15) is 19.7 Å². The highest BCUT2D eigenvalue weighted by atomic mass is 35.5. The lowest BCUT2D eigenvalue weighted by Gasteiger charge is -2.15. The minimum absolute atomic E-state index is 0.0994. The molecule has 0 spiro atoms. The fourth-order valence-corrected chi connectivity index (χ4v) is 3.04. The molecule has 0 aliphatic heterocycles. The van der Waals surface area contributed by atoms with E-state index in [1.165, 1.54) is 12.1 Å². The molecular formula is C19H17ClN2O5. The predicted octanol–water partition coefficient (Wildman–Crippen LogP) is 3.77. The molecule has 0 radical (unpaired) electrons. The zero-order valence-corrected chi connectivity index (χ0v) is 15.3. The summed E-state index contributed by atoms with van der Waals surface area (Å²) >= 11 is 5.87. The Labute approximate surface area is 160 Å². The van der Waals surface area contributed by atoms with Crippen molar-refractivity contribution in [3.05, 3.63) is 68.7 Å². The van der Waals surface area contributed by atoms with Gasteiger partial charge in [-0.05, 0) is 43.0 Å². The summed E-state index contributed by atoms with van der Waals surface area (Å²) in [6.07, 6.45) is 1.27. The number of hydrogen-bond acceptors (Lipinski definition) is 5. The monoisotopic (exact) mass is 388 g/mol. The molecule has 27 heavy (non-hydrogen) atoms. The number of nitrogens with one attached hydrogen (secondary N) is 1. The maximum atomic E-state index is 12.5. The first-order chi connectivity index (χ1) is 12.8. The summed E-state index contributed by atoms with van der Waals surface area (Å²) in [5, 5.41) is 14.1. The van der Waals surface area contributed by atoms with Crippen molar-refractivity contribution in [2.75, 3.05) is 11.9 Å². The van der Waals surface area contributed by atoms with E-state index in [-0.39, 0.29) is 11.4 Å². The summed E-state index contributed by atoms with van der Waals surface area (Å²) in [6.45, 7) is 1.13. The fraction of sp³-hybridized carbons (Fsp3) is 0.263. The van der Waals surface area contributed by atoms with Gasteiger partial charge in [-0.15, -0.1) is 0 Å². The fourth-order valence-electron chi connectivity index (χ4n) is 2.92. The Bertz CT molecular complexity index is 907. The summed E-state index contributed by atoms with van der Waals surface area (Å²) in [4.78, 5) is 35.1. The van der Waals surface area contributed by atoms with Gasteiger partial charge in [-0.25, -0.2) is 0 Å². The molecule has 1 amide bonds. The Kier molecular flexibility index (Phi) is 5.14. The number of ether oxygens (including phenoxy) is 1. The lowest BCUT2D eigenvalue weighted by molar-refractivity contribution is -0.384. The molecule has 0 unspecified atom stereocenters. The van der Waals surface area contributed by atoms with Crippen LogP contribution < -0.4 is 5.32 Å². The van der Waals surface area contributed by atoms with Crippen LogP contribution in [0.1, 0.15) is 24.0 Å². The predicted molar refractivity (Wildman–Crippen MR) is 99.8 cm³/mol. The van der Waals surface area contributed by atoms with Gasteiger partial charge in [0, 0.05) is 11.1 Å². The molecule has 3 rings (SSSR count). The van der Waals surface area contributed by atoms with Gasteiger partial charge in [0.25, 0.3) is 11.6 Å². The second kappa shape index (κ2) is 7.36.